The van der Waals surface area contributed by atoms with E-state index in [1.54, 1.807) is 0 Å². The van der Waals surface area contributed by atoms with Crippen LogP contribution in [0, 0.1) is 46.8 Å². The number of fused-ring (bicyclic) bond motifs is 6. The highest BCUT2D eigenvalue weighted by Crippen LogP contribution is 2.65. The molecule has 0 N–H and O–H groups in total. The molecule has 5 heteroatoms. The third kappa shape index (κ3) is 3.91. The fourth-order valence-electron chi connectivity index (χ4n) is 10.9. The zero-order valence-corrected chi connectivity index (χ0v) is 24.7. The number of Topliss-reactive ketones (excluding diaryl/α,β-unsaturated/α-hetero) is 1. The van der Waals surface area contributed by atoms with E-state index in [0.29, 0.717) is 41.6 Å². The van der Waals surface area contributed by atoms with Crippen LogP contribution < -0.4 is 0 Å². The molecule has 2 heterocycles. The normalized spacial score (nSPS) is 50.2. The fraction of sp³-hybridized carbons (Fsp3) is 0.879. The van der Waals surface area contributed by atoms with E-state index in [2.05, 4.69) is 45.6 Å². The van der Waals surface area contributed by atoms with Gasteiger partial charge in [-0.05, 0) is 80.6 Å². The van der Waals surface area contributed by atoms with Gasteiger partial charge in [0.25, 0.3) is 0 Å². The number of rotatable bonds is 4. The van der Waals surface area contributed by atoms with E-state index in [4.69, 9.17) is 9.47 Å². The zero-order valence-electron chi connectivity index (χ0n) is 24.7. The molecule has 1 unspecified atom stereocenters. The number of unbranched alkanes of at least 4 members (excludes halogenated alkanes) is 1. The van der Waals surface area contributed by atoms with Crippen molar-refractivity contribution in [3.8, 4) is 0 Å². The molecule has 0 radical (unpaired) electrons. The summed E-state index contributed by atoms with van der Waals surface area (Å²) in [6, 6.07) is 0.498. The molecule has 12 atom stereocenters. The summed E-state index contributed by atoms with van der Waals surface area (Å²) in [5, 5.41) is 0. The molecule has 212 valence electrons. The Labute approximate surface area is 230 Å². The Balaban J connectivity index is 1.25. The molecule has 2 aliphatic heterocycles. The first-order valence-electron chi connectivity index (χ1n) is 15.9. The summed E-state index contributed by atoms with van der Waals surface area (Å²) in [6.07, 6.45) is 12.2. The maximum Gasteiger partial charge on any atom is 0.302 e. The third-order valence-electron chi connectivity index (χ3n) is 12.5. The molecule has 1 spiro atoms. The molecule has 3 saturated carbocycles. The van der Waals surface area contributed by atoms with Gasteiger partial charge in [0, 0.05) is 43.7 Å². The predicted molar refractivity (Wildman–Crippen MR) is 148 cm³/mol. The molecule has 38 heavy (non-hydrogen) atoms. The number of esters is 1. The van der Waals surface area contributed by atoms with Crippen LogP contribution >= 0.6 is 0 Å². The molecule has 2 saturated heterocycles. The number of hydrogen-bond acceptors (Lipinski definition) is 5. The largest absolute Gasteiger partial charge is 0.462 e. The highest BCUT2D eigenvalue weighted by atomic mass is 16.5. The number of nitrogens with zero attached hydrogens (tertiary/aromatic N) is 1. The Morgan fingerprint density at radius 2 is 1.95 bits per heavy atom. The molecule has 4 aliphatic carbocycles. The van der Waals surface area contributed by atoms with Crippen LogP contribution in [0.4, 0.5) is 0 Å². The van der Waals surface area contributed by atoms with Gasteiger partial charge in [0.1, 0.15) is 11.9 Å². The second-order valence-electron chi connectivity index (χ2n) is 14.5. The third-order valence-corrected chi connectivity index (χ3v) is 12.5. The number of ether oxygens (including phenoxy) is 2. The smallest absolute Gasteiger partial charge is 0.302 e. The molecule has 0 amide bonds. The second kappa shape index (κ2) is 9.72. The monoisotopic (exact) mass is 525 g/mol. The van der Waals surface area contributed by atoms with E-state index in [1.807, 2.05) is 0 Å². The average Bonchev–Trinajstić information content (AvgIpc) is 3.32. The number of piperidine rings is 1. The maximum absolute atomic E-state index is 14.5. The van der Waals surface area contributed by atoms with Crippen molar-refractivity contribution >= 4 is 11.8 Å². The van der Waals surface area contributed by atoms with Crippen LogP contribution in [0.3, 0.4) is 0 Å². The van der Waals surface area contributed by atoms with Crippen LogP contribution in [0.2, 0.25) is 0 Å². The van der Waals surface area contributed by atoms with Gasteiger partial charge in [0.2, 0.25) is 0 Å². The van der Waals surface area contributed by atoms with Gasteiger partial charge in [-0.3, -0.25) is 14.5 Å². The van der Waals surface area contributed by atoms with Gasteiger partial charge in [-0.1, -0.05) is 52.7 Å². The SMILES string of the molecule is CCCCN1C[C@@H](C)C[C@H]2OC3(CC[C@H]4[C@@H]5CC=C6C[C@@H](OC(C)=O)CC[C@]6(C)[C@H]5C(=O)[C@@H]4[C@H]3C)[C@H](C)[C@@H]21. The average molecular weight is 526 g/mol. The fourth-order valence-corrected chi connectivity index (χ4v) is 10.9. The number of carbonyl (C=O) groups excluding carboxylic acids is 2. The summed E-state index contributed by atoms with van der Waals surface area (Å²) >= 11 is 0. The number of hydrogen-bond donors (Lipinski definition) is 0. The molecule has 6 aliphatic rings. The van der Waals surface area contributed by atoms with Crippen molar-refractivity contribution < 1.29 is 19.1 Å². The Morgan fingerprint density at radius 1 is 1.16 bits per heavy atom. The van der Waals surface area contributed by atoms with Crippen molar-refractivity contribution in [3.63, 3.8) is 0 Å². The Morgan fingerprint density at radius 3 is 2.68 bits per heavy atom. The van der Waals surface area contributed by atoms with E-state index < -0.39 is 0 Å². The van der Waals surface area contributed by atoms with E-state index in [-0.39, 0.29) is 40.8 Å². The van der Waals surface area contributed by atoms with E-state index in [9.17, 15) is 9.59 Å². The van der Waals surface area contributed by atoms with Gasteiger partial charge in [-0.25, -0.2) is 0 Å². The topological polar surface area (TPSA) is 55.8 Å². The van der Waals surface area contributed by atoms with Gasteiger partial charge in [-0.2, -0.15) is 0 Å². The molecule has 0 aromatic carbocycles. The lowest BCUT2D eigenvalue weighted by Crippen LogP contribution is -2.54. The summed E-state index contributed by atoms with van der Waals surface area (Å²) in [5.74, 6) is 2.95. The Kier molecular flexibility index (Phi) is 6.90. The second-order valence-corrected chi connectivity index (χ2v) is 14.5. The van der Waals surface area contributed by atoms with Gasteiger partial charge < -0.3 is 9.47 Å². The lowest BCUT2D eigenvalue weighted by Gasteiger charge is -2.49. The van der Waals surface area contributed by atoms with E-state index in [0.717, 1.165) is 44.9 Å². The van der Waals surface area contributed by atoms with E-state index >= 15 is 0 Å². The van der Waals surface area contributed by atoms with E-state index in [1.165, 1.54) is 38.4 Å². The van der Waals surface area contributed by atoms with Crippen LogP contribution in [0.15, 0.2) is 11.6 Å². The van der Waals surface area contributed by atoms with Gasteiger partial charge in [0.05, 0.1) is 11.7 Å². The van der Waals surface area contributed by atoms with Crippen LogP contribution in [-0.4, -0.2) is 53.6 Å². The Hall–Kier alpha value is -1.20. The first kappa shape index (κ1) is 27.0. The van der Waals surface area contributed by atoms with Crippen molar-refractivity contribution in [2.45, 2.75) is 123 Å². The van der Waals surface area contributed by atoms with Crippen molar-refractivity contribution in [1.82, 2.24) is 4.90 Å². The van der Waals surface area contributed by atoms with Gasteiger partial charge >= 0.3 is 5.97 Å². The number of likely N-dealkylation sites (tertiary alicyclic amines) is 1. The van der Waals surface area contributed by atoms with Crippen LogP contribution in [-0.2, 0) is 19.1 Å². The predicted octanol–water partition coefficient (Wildman–Crippen LogP) is 6.20. The molecular weight excluding hydrogens is 474 g/mol. The summed E-state index contributed by atoms with van der Waals surface area (Å²) in [6.45, 7) is 15.7. The van der Waals surface area contributed by atoms with Gasteiger partial charge in [-0.15, -0.1) is 0 Å². The first-order chi connectivity index (χ1) is 18.1. The van der Waals surface area contributed by atoms with Crippen molar-refractivity contribution in [2.24, 2.45) is 46.8 Å². The molecular formula is C33H51NO4. The molecule has 5 fully saturated rings. The minimum absolute atomic E-state index is 0.0292. The summed E-state index contributed by atoms with van der Waals surface area (Å²) < 4.78 is 12.8. The molecule has 0 aromatic rings. The van der Waals surface area contributed by atoms with Crippen molar-refractivity contribution in [1.29, 1.82) is 0 Å². The summed E-state index contributed by atoms with van der Waals surface area (Å²) in [5.41, 5.74) is 1.13. The maximum atomic E-state index is 14.5. The number of carbonyl (C=O) groups is 2. The molecule has 0 aromatic heterocycles. The quantitative estimate of drug-likeness (QED) is 0.323. The summed E-state index contributed by atoms with van der Waals surface area (Å²) in [7, 11) is 0. The molecule has 0 bridgehead atoms. The number of ketones is 1. The van der Waals surface area contributed by atoms with Crippen LogP contribution in [0.25, 0.3) is 0 Å². The highest BCUT2D eigenvalue weighted by Gasteiger charge is 2.68. The van der Waals surface area contributed by atoms with Gasteiger partial charge in [0.15, 0.2) is 0 Å². The molecule has 5 nitrogen and oxygen atoms in total. The first-order valence-corrected chi connectivity index (χ1v) is 15.9. The lowest BCUT2D eigenvalue weighted by molar-refractivity contribution is -0.154. The summed E-state index contributed by atoms with van der Waals surface area (Å²) in [4.78, 5) is 28.9. The minimum Gasteiger partial charge on any atom is -0.462 e. The lowest BCUT2D eigenvalue weighted by atomic mass is 9.56. The molecule has 6 rings (SSSR count). The van der Waals surface area contributed by atoms with Crippen LogP contribution in [0.5, 0.6) is 0 Å². The van der Waals surface area contributed by atoms with Crippen molar-refractivity contribution in [3.05, 3.63) is 11.6 Å². The Bertz CT molecular complexity index is 991. The standard InChI is InChI=1S/C33H51NO4/c1-7-8-15-34-18-19(2)16-27-30(34)21(4)33(38-27)14-12-25-26-10-9-23-17-24(37-22(5)35)11-13-32(23,6)29(26)31(36)28(25)20(33)3/h9,19-21,24-30H,7-8,10-18H2,1-6H3/t19-,20+,21+,24-,25-,26-,27+,28+,29+,30-,32-,33?/m0/s1. The zero-order chi connectivity index (χ0) is 27.0. The van der Waals surface area contributed by atoms with Crippen molar-refractivity contribution in [2.75, 3.05) is 13.1 Å². The highest BCUT2D eigenvalue weighted by molar-refractivity contribution is 5.88. The number of allylic oxidation sites excluding steroid dienone is 1. The van der Waals surface area contributed by atoms with Crippen LogP contribution in [0.1, 0.15) is 99.3 Å². The minimum atomic E-state index is -0.191.